The molecule has 1 rings (SSSR count). The van der Waals surface area contributed by atoms with Gasteiger partial charge in [-0.25, -0.2) is 4.79 Å². The van der Waals surface area contributed by atoms with Crippen molar-refractivity contribution in [1.82, 2.24) is 15.1 Å². The molecule has 0 unspecified atom stereocenters. The summed E-state index contributed by atoms with van der Waals surface area (Å²) in [6, 6.07) is 0. The van der Waals surface area contributed by atoms with Gasteiger partial charge in [-0.2, -0.15) is 0 Å². The van der Waals surface area contributed by atoms with E-state index in [2.05, 4.69) is 10.4 Å². The summed E-state index contributed by atoms with van der Waals surface area (Å²) in [5.41, 5.74) is 0.605. The molecule has 0 spiro atoms. The molecule has 6 heteroatoms. The average molecular weight is 241 g/mol. The Balaban J connectivity index is 2.63. The van der Waals surface area contributed by atoms with Crippen molar-refractivity contribution in [3.05, 3.63) is 21.6 Å². The topological polar surface area (TPSA) is 76.1 Å². The third-order valence-corrected chi connectivity index (χ3v) is 2.16. The highest BCUT2D eigenvalue weighted by Gasteiger charge is 2.17. The largest absolute Gasteiger partial charge is 0.444 e. The van der Waals surface area contributed by atoms with Crippen LogP contribution in [0.15, 0.2) is 4.79 Å². The van der Waals surface area contributed by atoms with Crippen LogP contribution < -0.4 is 10.9 Å². The van der Waals surface area contributed by atoms with Crippen LogP contribution in [0.2, 0.25) is 0 Å². The maximum absolute atomic E-state index is 11.6. The molecule has 0 aromatic carbocycles. The Hall–Kier alpha value is -1.72. The van der Waals surface area contributed by atoms with Crippen molar-refractivity contribution in [2.75, 3.05) is 0 Å². The van der Waals surface area contributed by atoms with Crippen LogP contribution in [0.25, 0.3) is 0 Å². The zero-order chi connectivity index (χ0) is 13.2. The van der Waals surface area contributed by atoms with Gasteiger partial charge in [-0.3, -0.25) is 14.6 Å². The van der Waals surface area contributed by atoms with E-state index in [1.807, 2.05) is 0 Å². The van der Waals surface area contributed by atoms with Crippen LogP contribution in [-0.4, -0.2) is 21.5 Å². The minimum Gasteiger partial charge on any atom is -0.444 e. The lowest BCUT2D eigenvalue weighted by atomic mass is 10.2. The number of nitrogens with zero attached hydrogens (tertiary/aromatic N) is 1. The molecule has 0 aliphatic rings. The van der Waals surface area contributed by atoms with E-state index >= 15 is 0 Å². The lowest BCUT2D eigenvalue weighted by molar-refractivity contribution is 0.0523. The van der Waals surface area contributed by atoms with Gasteiger partial charge in [-0.15, -0.1) is 0 Å². The number of aryl methyl sites for hydroxylation is 2. The minimum atomic E-state index is -0.539. The number of carbonyl (C=O) groups excluding carboxylic acids is 1. The summed E-state index contributed by atoms with van der Waals surface area (Å²) in [6.45, 7) is 7.30. The zero-order valence-electron chi connectivity index (χ0n) is 10.9. The van der Waals surface area contributed by atoms with Gasteiger partial charge >= 0.3 is 6.09 Å². The highest BCUT2D eigenvalue weighted by molar-refractivity contribution is 5.67. The van der Waals surface area contributed by atoms with Gasteiger partial charge in [0.25, 0.3) is 5.56 Å². The summed E-state index contributed by atoms with van der Waals surface area (Å²) in [5.74, 6) is 0. The molecule has 1 aromatic rings. The molecule has 96 valence electrons. The van der Waals surface area contributed by atoms with Crippen molar-refractivity contribution in [3.8, 4) is 0 Å². The summed E-state index contributed by atoms with van der Waals surface area (Å²) >= 11 is 0. The molecule has 1 aromatic heterocycles. The van der Waals surface area contributed by atoms with Crippen LogP contribution in [-0.2, 0) is 18.3 Å². The molecule has 1 amide bonds. The smallest absolute Gasteiger partial charge is 0.407 e. The Morgan fingerprint density at radius 1 is 1.47 bits per heavy atom. The van der Waals surface area contributed by atoms with Gasteiger partial charge < -0.3 is 10.1 Å². The van der Waals surface area contributed by atoms with Gasteiger partial charge in [0.15, 0.2) is 0 Å². The van der Waals surface area contributed by atoms with Crippen molar-refractivity contribution in [3.63, 3.8) is 0 Å². The van der Waals surface area contributed by atoms with Crippen LogP contribution >= 0.6 is 0 Å². The quantitative estimate of drug-likeness (QED) is 0.812. The van der Waals surface area contributed by atoms with E-state index in [-0.39, 0.29) is 12.1 Å². The maximum atomic E-state index is 11.6. The molecule has 6 nitrogen and oxygen atoms in total. The number of aromatic nitrogens is 2. The van der Waals surface area contributed by atoms with Gasteiger partial charge in [0, 0.05) is 12.7 Å². The second-order valence-electron chi connectivity index (χ2n) is 4.93. The first-order valence-corrected chi connectivity index (χ1v) is 5.42. The molecule has 0 fully saturated rings. The minimum absolute atomic E-state index is 0.140. The first kappa shape index (κ1) is 13.3. The Labute approximate surface area is 99.9 Å². The second kappa shape index (κ2) is 4.65. The highest BCUT2D eigenvalue weighted by Crippen LogP contribution is 2.06. The Morgan fingerprint density at radius 2 is 2.06 bits per heavy atom. The molecule has 0 aliphatic heterocycles. The summed E-state index contributed by atoms with van der Waals surface area (Å²) in [6.07, 6.45) is -0.528. The Morgan fingerprint density at radius 3 is 2.47 bits per heavy atom. The van der Waals surface area contributed by atoms with E-state index in [1.165, 1.54) is 4.68 Å². The van der Waals surface area contributed by atoms with Gasteiger partial charge in [-0.1, -0.05) is 0 Å². The third-order valence-electron chi connectivity index (χ3n) is 2.16. The summed E-state index contributed by atoms with van der Waals surface area (Å²) in [7, 11) is 1.63. The standard InChI is InChI=1S/C11H19N3O3/c1-7-8(9(15)14(5)13-7)6-12-10(16)17-11(2,3)4/h13H,6H2,1-5H3,(H,12,16). The fourth-order valence-electron chi connectivity index (χ4n) is 1.42. The molecule has 0 aliphatic carbocycles. The molecular weight excluding hydrogens is 222 g/mol. The van der Waals surface area contributed by atoms with E-state index in [0.717, 1.165) is 5.69 Å². The number of ether oxygens (including phenoxy) is 1. The number of alkyl carbamates (subject to hydrolysis) is 1. The maximum Gasteiger partial charge on any atom is 0.407 e. The second-order valence-corrected chi connectivity index (χ2v) is 4.93. The van der Waals surface area contributed by atoms with Crippen molar-refractivity contribution < 1.29 is 9.53 Å². The van der Waals surface area contributed by atoms with E-state index in [1.54, 1.807) is 34.7 Å². The molecule has 0 bridgehead atoms. The van der Waals surface area contributed by atoms with Crippen LogP contribution in [0.4, 0.5) is 4.79 Å². The molecule has 0 saturated carbocycles. The third kappa shape index (κ3) is 3.65. The Kier molecular flexibility index (Phi) is 3.65. The predicted molar refractivity (Wildman–Crippen MR) is 63.8 cm³/mol. The molecular formula is C11H19N3O3. The number of amides is 1. The first-order valence-electron chi connectivity index (χ1n) is 5.42. The van der Waals surface area contributed by atoms with Gasteiger partial charge in [0.1, 0.15) is 5.60 Å². The van der Waals surface area contributed by atoms with E-state index in [9.17, 15) is 9.59 Å². The Bertz CT molecular complexity index is 465. The normalized spacial score (nSPS) is 11.4. The van der Waals surface area contributed by atoms with Crippen molar-refractivity contribution in [1.29, 1.82) is 0 Å². The zero-order valence-corrected chi connectivity index (χ0v) is 10.9. The number of rotatable bonds is 2. The molecule has 1 heterocycles. The van der Waals surface area contributed by atoms with E-state index in [4.69, 9.17) is 4.74 Å². The van der Waals surface area contributed by atoms with E-state index < -0.39 is 11.7 Å². The van der Waals surface area contributed by atoms with Gasteiger partial charge in [0.05, 0.1) is 12.1 Å². The first-order chi connectivity index (χ1) is 7.70. The molecule has 2 N–H and O–H groups in total. The predicted octanol–water partition coefficient (Wildman–Crippen LogP) is 1.05. The molecule has 17 heavy (non-hydrogen) atoms. The van der Waals surface area contributed by atoms with Crippen LogP contribution in [0.3, 0.4) is 0 Å². The van der Waals surface area contributed by atoms with Gasteiger partial charge in [-0.05, 0) is 27.7 Å². The average Bonchev–Trinajstić information content (AvgIpc) is 2.36. The van der Waals surface area contributed by atoms with Crippen LogP contribution in [0.5, 0.6) is 0 Å². The number of aromatic amines is 1. The molecule has 0 atom stereocenters. The number of nitrogens with one attached hydrogen (secondary N) is 2. The number of hydrogen-bond acceptors (Lipinski definition) is 3. The van der Waals surface area contributed by atoms with Crippen molar-refractivity contribution in [2.45, 2.75) is 39.8 Å². The monoisotopic (exact) mass is 241 g/mol. The van der Waals surface area contributed by atoms with E-state index in [0.29, 0.717) is 5.56 Å². The van der Waals surface area contributed by atoms with Crippen LogP contribution in [0, 0.1) is 6.92 Å². The van der Waals surface area contributed by atoms with Gasteiger partial charge in [0.2, 0.25) is 0 Å². The highest BCUT2D eigenvalue weighted by atomic mass is 16.6. The lowest BCUT2D eigenvalue weighted by Crippen LogP contribution is -2.33. The van der Waals surface area contributed by atoms with Crippen LogP contribution in [0.1, 0.15) is 32.0 Å². The summed E-state index contributed by atoms with van der Waals surface area (Å²) in [4.78, 5) is 23.0. The fraction of sp³-hybridized carbons (Fsp3) is 0.636. The lowest BCUT2D eigenvalue weighted by Gasteiger charge is -2.19. The SMILES string of the molecule is Cc1[nH]n(C)c(=O)c1CNC(=O)OC(C)(C)C. The fourth-order valence-corrected chi connectivity index (χ4v) is 1.42. The molecule has 0 radical (unpaired) electrons. The number of hydrogen-bond donors (Lipinski definition) is 2. The number of H-pyrrole nitrogens is 1. The number of carbonyl (C=O) groups is 1. The summed E-state index contributed by atoms with van der Waals surface area (Å²) < 4.78 is 6.45. The molecule has 0 saturated heterocycles. The summed E-state index contributed by atoms with van der Waals surface area (Å²) in [5, 5.41) is 5.42. The van der Waals surface area contributed by atoms with Crippen molar-refractivity contribution in [2.24, 2.45) is 7.05 Å². The van der Waals surface area contributed by atoms with Crippen molar-refractivity contribution >= 4 is 6.09 Å².